The Hall–Kier alpha value is -2.02. The maximum atomic E-state index is 13.4. The molecule has 1 aliphatic rings. The van der Waals surface area contributed by atoms with Gasteiger partial charge in [-0.3, -0.25) is 0 Å². The van der Waals surface area contributed by atoms with Gasteiger partial charge >= 0.3 is 6.09 Å². The smallest absolute Gasteiger partial charge is 0.488 e. The lowest BCUT2D eigenvalue weighted by molar-refractivity contribution is 0.0244. The van der Waals surface area contributed by atoms with E-state index in [2.05, 4.69) is 25.1 Å². The molecule has 2 aromatic rings. The maximum absolute atomic E-state index is 13.4. The maximum Gasteiger partial charge on any atom is 0.521 e. The molecule has 0 saturated carbocycles. The molecule has 0 fully saturated rings. The van der Waals surface area contributed by atoms with Crippen LogP contribution in [0.2, 0.25) is 0 Å². The predicted molar refractivity (Wildman–Crippen MR) is 132 cm³/mol. The van der Waals surface area contributed by atoms with Crippen molar-refractivity contribution in [2.24, 2.45) is 0 Å². The van der Waals surface area contributed by atoms with Gasteiger partial charge in [0.2, 0.25) is 0 Å². The lowest BCUT2D eigenvalue weighted by Gasteiger charge is -2.39. The first-order valence-electron chi connectivity index (χ1n) is 11.5. The van der Waals surface area contributed by atoms with Crippen molar-refractivity contribution in [2.45, 2.75) is 51.0 Å². The third-order valence-corrected chi connectivity index (χ3v) is 6.39. The molecule has 0 aromatic heterocycles. The SMILES string of the molecule is CCCOCCc1ccc(OCC[N+]2(C(=O)OC(C)(C)C)CCSc3ccccc32)cc1. The number of carbonyl (C=O) groups excluding carboxylic acids is 1. The molecule has 1 amide bonds. The highest BCUT2D eigenvalue weighted by atomic mass is 32.2. The number of ether oxygens (including phenoxy) is 3. The fourth-order valence-electron chi connectivity index (χ4n) is 3.74. The van der Waals surface area contributed by atoms with Crippen LogP contribution >= 0.6 is 11.8 Å². The van der Waals surface area contributed by atoms with Crippen molar-refractivity contribution in [3.05, 3.63) is 54.1 Å². The van der Waals surface area contributed by atoms with Crippen molar-refractivity contribution in [3.63, 3.8) is 0 Å². The van der Waals surface area contributed by atoms with Crippen LogP contribution in [0.4, 0.5) is 10.5 Å². The molecule has 1 unspecified atom stereocenters. The van der Waals surface area contributed by atoms with Gasteiger partial charge in [0, 0.05) is 18.4 Å². The topological polar surface area (TPSA) is 44.8 Å². The number of fused-ring (bicyclic) bond motifs is 1. The molecule has 0 spiro atoms. The summed E-state index contributed by atoms with van der Waals surface area (Å²) in [6.07, 6.45) is 1.73. The summed E-state index contributed by atoms with van der Waals surface area (Å²) >= 11 is 1.79. The van der Waals surface area contributed by atoms with Gasteiger partial charge in [-0.25, -0.2) is 0 Å². The zero-order valence-electron chi connectivity index (χ0n) is 19.8. The van der Waals surface area contributed by atoms with Crippen LogP contribution in [-0.4, -0.2) is 50.4 Å². The molecule has 1 aliphatic heterocycles. The third kappa shape index (κ3) is 6.50. The van der Waals surface area contributed by atoms with Gasteiger partial charge in [-0.05, 0) is 57.4 Å². The minimum atomic E-state index is -0.542. The summed E-state index contributed by atoms with van der Waals surface area (Å²) in [4.78, 5) is 14.5. The number of thioether (sulfide) groups is 1. The normalized spacial score (nSPS) is 18.1. The first-order valence-corrected chi connectivity index (χ1v) is 12.4. The van der Waals surface area contributed by atoms with Crippen molar-refractivity contribution in [2.75, 3.05) is 38.7 Å². The molecule has 5 nitrogen and oxygen atoms in total. The van der Waals surface area contributed by atoms with Gasteiger partial charge in [-0.1, -0.05) is 31.2 Å². The number of nitrogens with zero attached hydrogens (tertiary/aromatic N) is 1. The largest absolute Gasteiger partial charge is 0.521 e. The Morgan fingerprint density at radius 3 is 2.50 bits per heavy atom. The van der Waals surface area contributed by atoms with Crippen LogP contribution in [0.5, 0.6) is 5.75 Å². The van der Waals surface area contributed by atoms with Crippen molar-refractivity contribution in [1.82, 2.24) is 4.48 Å². The van der Waals surface area contributed by atoms with E-state index in [0.29, 0.717) is 19.7 Å². The Morgan fingerprint density at radius 2 is 1.78 bits per heavy atom. The highest BCUT2D eigenvalue weighted by Crippen LogP contribution is 2.40. The van der Waals surface area contributed by atoms with Crippen molar-refractivity contribution >= 4 is 23.5 Å². The average molecular weight is 459 g/mol. The van der Waals surface area contributed by atoms with Gasteiger partial charge in [-0.2, -0.15) is 9.28 Å². The zero-order valence-corrected chi connectivity index (χ0v) is 20.6. The number of hydrogen-bond acceptors (Lipinski definition) is 5. The van der Waals surface area contributed by atoms with E-state index in [4.69, 9.17) is 14.2 Å². The second-order valence-electron chi connectivity index (χ2n) is 9.07. The predicted octanol–water partition coefficient (Wildman–Crippen LogP) is 6.08. The highest BCUT2D eigenvalue weighted by molar-refractivity contribution is 7.99. The lowest BCUT2D eigenvalue weighted by atomic mass is 10.1. The first kappa shape index (κ1) is 24.6. The molecular formula is C26H36NO4S+. The van der Waals surface area contributed by atoms with E-state index < -0.39 is 5.60 Å². The molecule has 0 saturated heterocycles. The summed E-state index contributed by atoms with van der Waals surface area (Å²) in [5.41, 5.74) is 1.69. The fraction of sp³-hybridized carbons (Fsp3) is 0.500. The van der Waals surface area contributed by atoms with Crippen LogP contribution in [0, 0.1) is 0 Å². The van der Waals surface area contributed by atoms with Crippen LogP contribution < -0.4 is 9.22 Å². The molecule has 0 aliphatic carbocycles. The number of rotatable bonds is 9. The molecule has 6 heteroatoms. The van der Waals surface area contributed by atoms with Crippen molar-refractivity contribution in [1.29, 1.82) is 0 Å². The molecule has 2 aromatic carbocycles. The van der Waals surface area contributed by atoms with E-state index in [1.165, 1.54) is 5.56 Å². The van der Waals surface area contributed by atoms with E-state index in [9.17, 15) is 4.79 Å². The van der Waals surface area contributed by atoms with Crippen LogP contribution in [-0.2, 0) is 15.9 Å². The highest BCUT2D eigenvalue weighted by Gasteiger charge is 2.46. The zero-order chi connectivity index (χ0) is 23.0. The van der Waals surface area contributed by atoms with Crippen LogP contribution in [0.15, 0.2) is 53.4 Å². The number of carbonyl (C=O) groups is 1. The minimum absolute atomic E-state index is 0.160. The average Bonchev–Trinajstić information content (AvgIpc) is 2.76. The second-order valence-corrected chi connectivity index (χ2v) is 10.2. The molecular weight excluding hydrogens is 422 g/mol. The molecule has 3 rings (SSSR count). The molecule has 174 valence electrons. The third-order valence-electron chi connectivity index (χ3n) is 5.35. The summed E-state index contributed by atoms with van der Waals surface area (Å²) in [5, 5.41) is 0. The van der Waals surface area contributed by atoms with Crippen LogP contribution in [0.3, 0.4) is 0 Å². The van der Waals surface area contributed by atoms with E-state index in [-0.39, 0.29) is 10.6 Å². The van der Waals surface area contributed by atoms with Gasteiger partial charge in [-0.15, -0.1) is 11.8 Å². The Bertz CT molecular complexity index is 878. The molecule has 32 heavy (non-hydrogen) atoms. The van der Waals surface area contributed by atoms with Crippen LogP contribution in [0.25, 0.3) is 0 Å². The monoisotopic (exact) mass is 458 g/mol. The number of amides is 1. The van der Waals surface area contributed by atoms with E-state index in [0.717, 1.165) is 48.1 Å². The van der Waals surface area contributed by atoms with E-state index >= 15 is 0 Å². The van der Waals surface area contributed by atoms with Gasteiger partial charge in [0.25, 0.3) is 0 Å². The standard InChI is InChI=1S/C26H36NO4S/c1-5-17-29-18-14-21-10-12-22(13-11-21)30-19-15-27(25(28)31-26(2,3)4)16-20-32-24-9-7-6-8-23(24)27/h6-13H,5,14-20H2,1-4H3/q+1. The summed E-state index contributed by atoms with van der Waals surface area (Å²) in [6.45, 7) is 11.0. The lowest BCUT2D eigenvalue weighted by Crippen LogP contribution is -2.60. The number of benzene rings is 2. The van der Waals surface area contributed by atoms with E-state index in [1.807, 2.05) is 51.1 Å². The van der Waals surface area contributed by atoms with Gasteiger partial charge in [0.15, 0.2) is 5.69 Å². The van der Waals surface area contributed by atoms with Gasteiger partial charge in [0.1, 0.15) is 31.0 Å². The Balaban J connectivity index is 1.67. The number of hydrogen-bond donors (Lipinski definition) is 0. The summed E-state index contributed by atoms with van der Waals surface area (Å²) in [7, 11) is 0. The fourth-order valence-corrected chi connectivity index (χ4v) is 4.92. The number of para-hydroxylation sites is 1. The molecule has 0 N–H and O–H groups in total. The molecule has 1 atom stereocenters. The summed E-state index contributed by atoms with van der Waals surface area (Å²) < 4.78 is 17.7. The van der Waals surface area contributed by atoms with Crippen molar-refractivity contribution < 1.29 is 19.0 Å². The molecule has 1 heterocycles. The second kappa shape index (κ2) is 11.2. The van der Waals surface area contributed by atoms with E-state index in [1.54, 1.807) is 11.8 Å². The summed E-state index contributed by atoms with van der Waals surface area (Å²) in [5.74, 6) is 1.68. The Kier molecular flexibility index (Phi) is 8.63. The Morgan fingerprint density at radius 1 is 1.03 bits per heavy atom. The van der Waals surface area contributed by atoms with Crippen molar-refractivity contribution in [3.8, 4) is 5.75 Å². The number of quaternary nitrogens is 1. The molecule has 0 radical (unpaired) electrons. The quantitative estimate of drug-likeness (QED) is 0.336. The minimum Gasteiger partial charge on any atom is -0.488 e. The Labute approximate surface area is 196 Å². The molecule has 0 bridgehead atoms. The summed E-state index contributed by atoms with van der Waals surface area (Å²) in [6, 6.07) is 16.3. The van der Waals surface area contributed by atoms with Gasteiger partial charge in [0.05, 0.1) is 11.5 Å². The van der Waals surface area contributed by atoms with Gasteiger partial charge < -0.3 is 14.2 Å². The first-order chi connectivity index (χ1) is 15.3. The van der Waals surface area contributed by atoms with Crippen LogP contribution in [0.1, 0.15) is 39.7 Å².